The molecule has 2 saturated heterocycles. The summed E-state index contributed by atoms with van der Waals surface area (Å²) in [5.74, 6) is -0.543. The molecule has 0 spiro atoms. The van der Waals surface area contributed by atoms with Gasteiger partial charge in [0.25, 0.3) is 0 Å². The van der Waals surface area contributed by atoms with Crippen molar-refractivity contribution in [2.75, 3.05) is 19.8 Å². The second kappa shape index (κ2) is 4.94. The molecule has 0 aromatic carbocycles. The van der Waals surface area contributed by atoms with E-state index in [1.54, 1.807) is 0 Å². The fraction of sp³-hybridized carbons (Fsp3) is 0.929. The predicted molar refractivity (Wildman–Crippen MR) is 71.3 cm³/mol. The monoisotopic (exact) mass is 285 g/mol. The van der Waals surface area contributed by atoms with Crippen LogP contribution in [0.1, 0.15) is 34.1 Å². The minimum absolute atomic E-state index is 0.0579. The van der Waals surface area contributed by atoms with E-state index in [9.17, 15) is 0 Å². The molecule has 0 aromatic rings. The highest BCUT2D eigenvalue weighted by Crippen LogP contribution is 2.31. The van der Waals surface area contributed by atoms with Gasteiger partial charge in [-0.05, 0) is 13.8 Å². The summed E-state index contributed by atoms with van der Waals surface area (Å²) in [5, 5.41) is 4.11. The first kappa shape index (κ1) is 14.3. The molecular formula is C14H23NO5. The minimum atomic E-state index is -0.543. The van der Waals surface area contributed by atoms with Gasteiger partial charge in [-0.15, -0.1) is 0 Å². The normalized spacial score (nSPS) is 36.7. The molecule has 0 N–H and O–H groups in total. The van der Waals surface area contributed by atoms with Crippen molar-refractivity contribution in [3.63, 3.8) is 0 Å². The molecule has 20 heavy (non-hydrogen) atoms. The molecule has 0 radical (unpaired) electrons. The molecule has 2 fully saturated rings. The van der Waals surface area contributed by atoms with Crippen LogP contribution < -0.4 is 0 Å². The van der Waals surface area contributed by atoms with Gasteiger partial charge in [0.2, 0.25) is 6.29 Å². The second-order valence-electron chi connectivity index (χ2n) is 6.92. The Morgan fingerprint density at radius 2 is 1.75 bits per heavy atom. The van der Waals surface area contributed by atoms with E-state index < -0.39 is 5.79 Å². The summed E-state index contributed by atoms with van der Waals surface area (Å²) in [6.07, 6.45) is 0.0680. The smallest absolute Gasteiger partial charge is 0.200 e. The van der Waals surface area contributed by atoms with Crippen molar-refractivity contribution in [1.29, 1.82) is 0 Å². The third-order valence-corrected chi connectivity index (χ3v) is 3.68. The minimum Gasteiger partial charge on any atom is -0.389 e. The average Bonchev–Trinajstić information content (AvgIpc) is 2.95. The second-order valence-corrected chi connectivity index (χ2v) is 6.92. The van der Waals surface area contributed by atoms with Crippen LogP contribution in [0.15, 0.2) is 5.16 Å². The molecule has 0 saturated carbocycles. The van der Waals surface area contributed by atoms with Crippen molar-refractivity contribution in [2.45, 2.75) is 58.4 Å². The van der Waals surface area contributed by atoms with Gasteiger partial charge >= 0.3 is 0 Å². The molecular weight excluding hydrogens is 262 g/mol. The van der Waals surface area contributed by atoms with E-state index in [2.05, 4.69) is 19.0 Å². The maximum atomic E-state index is 5.80. The standard InChI is InChI=1S/C14H23NO5/c1-13(2)7-16-12(17-8-13)9-5-10(20-15-9)11-6-18-14(3,4)19-11/h10-12H,5-8H2,1-4H3/t10-,11-/m1/s1. The summed E-state index contributed by atoms with van der Waals surface area (Å²) in [7, 11) is 0. The van der Waals surface area contributed by atoms with E-state index in [4.69, 9.17) is 23.8 Å². The Labute approximate surface area is 119 Å². The largest absolute Gasteiger partial charge is 0.389 e. The van der Waals surface area contributed by atoms with E-state index in [0.29, 0.717) is 26.2 Å². The zero-order chi connectivity index (χ0) is 14.4. The Kier molecular flexibility index (Phi) is 3.52. The van der Waals surface area contributed by atoms with Crippen LogP contribution in [0.5, 0.6) is 0 Å². The zero-order valence-corrected chi connectivity index (χ0v) is 12.5. The molecule has 6 heteroatoms. The lowest BCUT2D eigenvalue weighted by molar-refractivity contribution is -0.188. The van der Waals surface area contributed by atoms with Crippen LogP contribution in [0.2, 0.25) is 0 Å². The molecule has 6 nitrogen and oxygen atoms in total. The van der Waals surface area contributed by atoms with Crippen LogP contribution in [0, 0.1) is 5.41 Å². The van der Waals surface area contributed by atoms with Gasteiger partial charge in [0.15, 0.2) is 11.9 Å². The van der Waals surface area contributed by atoms with E-state index in [0.717, 1.165) is 5.71 Å². The van der Waals surface area contributed by atoms with Crippen molar-refractivity contribution < 1.29 is 23.8 Å². The molecule has 3 heterocycles. The number of nitrogens with zero attached hydrogens (tertiary/aromatic N) is 1. The number of hydrogen-bond donors (Lipinski definition) is 0. The lowest BCUT2D eigenvalue weighted by Gasteiger charge is -2.34. The Balaban J connectivity index is 1.52. The quantitative estimate of drug-likeness (QED) is 0.772. The first-order valence-corrected chi connectivity index (χ1v) is 7.12. The lowest BCUT2D eigenvalue weighted by Crippen LogP contribution is -2.42. The molecule has 0 bridgehead atoms. The fourth-order valence-corrected chi connectivity index (χ4v) is 2.54. The highest BCUT2D eigenvalue weighted by molar-refractivity contribution is 5.88. The number of rotatable bonds is 2. The van der Waals surface area contributed by atoms with Crippen molar-refractivity contribution >= 4 is 5.71 Å². The molecule has 3 aliphatic heterocycles. The number of ether oxygens (including phenoxy) is 4. The Morgan fingerprint density at radius 1 is 1.05 bits per heavy atom. The predicted octanol–water partition coefficient (Wildman–Crippen LogP) is 1.68. The van der Waals surface area contributed by atoms with Crippen LogP contribution in [0.3, 0.4) is 0 Å². The van der Waals surface area contributed by atoms with Gasteiger partial charge < -0.3 is 23.8 Å². The summed E-state index contributed by atoms with van der Waals surface area (Å²) in [6, 6.07) is 0. The maximum Gasteiger partial charge on any atom is 0.200 e. The van der Waals surface area contributed by atoms with E-state index in [-0.39, 0.29) is 23.9 Å². The third kappa shape index (κ3) is 2.98. The van der Waals surface area contributed by atoms with Gasteiger partial charge in [-0.1, -0.05) is 19.0 Å². The van der Waals surface area contributed by atoms with Crippen LogP contribution in [0.4, 0.5) is 0 Å². The Hall–Kier alpha value is -0.690. The third-order valence-electron chi connectivity index (χ3n) is 3.68. The highest BCUT2D eigenvalue weighted by atomic mass is 16.8. The van der Waals surface area contributed by atoms with Gasteiger partial charge in [0.05, 0.1) is 19.8 Å². The number of oxime groups is 1. The molecule has 0 aromatic heterocycles. The van der Waals surface area contributed by atoms with Crippen LogP contribution >= 0.6 is 0 Å². The van der Waals surface area contributed by atoms with Crippen LogP contribution in [0.25, 0.3) is 0 Å². The molecule has 3 rings (SSSR count). The molecule has 0 unspecified atom stereocenters. The summed E-state index contributed by atoms with van der Waals surface area (Å²) >= 11 is 0. The first-order chi connectivity index (χ1) is 9.35. The van der Waals surface area contributed by atoms with E-state index in [1.165, 1.54) is 0 Å². The summed E-state index contributed by atoms with van der Waals surface area (Å²) in [4.78, 5) is 5.47. The molecule has 0 aliphatic carbocycles. The van der Waals surface area contributed by atoms with Gasteiger partial charge in [0, 0.05) is 11.8 Å². The van der Waals surface area contributed by atoms with Crippen LogP contribution in [-0.2, 0) is 23.8 Å². The van der Waals surface area contributed by atoms with Crippen LogP contribution in [-0.4, -0.2) is 49.8 Å². The summed E-state index contributed by atoms with van der Waals surface area (Å²) in [6.45, 7) is 9.89. The average molecular weight is 285 g/mol. The van der Waals surface area contributed by atoms with E-state index >= 15 is 0 Å². The van der Waals surface area contributed by atoms with E-state index in [1.807, 2.05) is 13.8 Å². The van der Waals surface area contributed by atoms with Crippen molar-refractivity contribution in [3.05, 3.63) is 0 Å². The molecule has 0 amide bonds. The van der Waals surface area contributed by atoms with Crippen molar-refractivity contribution in [2.24, 2.45) is 10.6 Å². The number of hydrogen-bond acceptors (Lipinski definition) is 6. The Morgan fingerprint density at radius 3 is 2.35 bits per heavy atom. The summed E-state index contributed by atoms with van der Waals surface area (Å²) < 4.78 is 22.8. The zero-order valence-electron chi connectivity index (χ0n) is 12.5. The molecule has 3 aliphatic rings. The topological polar surface area (TPSA) is 58.5 Å². The molecule has 2 atom stereocenters. The SMILES string of the molecule is CC1(C)COC(C2=NO[C@@H]([C@H]3COC(C)(C)O3)C2)OC1. The summed E-state index contributed by atoms with van der Waals surface area (Å²) in [5.41, 5.74) is 0.862. The van der Waals surface area contributed by atoms with Gasteiger partial charge in [-0.25, -0.2) is 0 Å². The maximum absolute atomic E-state index is 5.80. The lowest BCUT2D eigenvalue weighted by atomic mass is 9.95. The highest BCUT2D eigenvalue weighted by Gasteiger charge is 2.43. The van der Waals surface area contributed by atoms with Gasteiger partial charge in [0.1, 0.15) is 11.8 Å². The van der Waals surface area contributed by atoms with Gasteiger partial charge in [-0.3, -0.25) is 0 Å². The fourth-order valence-electron chi connectivity index (χ4n) is 2.54. The van der Waals surface area contributed by atoms with Gasteiger partial charge in [-0.2, -0.15) is 0 Å². The Bertz CT molecular complexity index is 396. The molecule has 114 valence electrons. The van der Waals surface area contributed by atoms with Crippen molar-refractivity contribution in [1.82, 2.24) is 0 Å². The van der Waals surface area contributed by atoms with Crippen molar-refractivity contribution in [3.8, 4) is 0 Å². The first-order valence-electron chi connectivity index (χ1n) is 7.12.